The highest BCUT2D eigenvalue weighted by Crippen LogP contribution is 2.21. The molecule has 0 saturated carbocycles. The van der Waals surface area contributed by atoms with Crippen LogP contribution in [0.15, 0.2) is 4.47 Å². The number of nitrogens with zero attached hydrogens (tertiary/aromatic N) is 2. The lowest BCUT2D eigenvalue weighted by atomic mass is 10.3. The summed E-state index contributed by atoms with van der Waals surface area (Å²) < 4.78 is 3.23. The highest BCUT2D eigenvalue weighted by molar-refractivity contribution is 9.10. The molecule has 1 aromatic heterocycles. The van der Waals surface area contributed by atoms with Gasteiger partial charge in [0.05, 0.1) is 15.9 Å². The monoisotopic (exact) mass is 259 g/mol. The van der Waals surface area contributed by atoms with Crippen LogP contribution in [0.1, 0.15) is 32.2 Å². The van der Waals surface area contributed by atoms with Crippen molar-refractivity contribution < 1.29 is 0 Å². The summed E-state index contributed by atoms with van der Waals surface area (Å²) in [5.41, 5.74) is 2.41. The van der Waals surface area contributed by atoms with E-state index in [0.717, 1.165) is 31.7 Å². The molecule has 1 heterocycles. The Bertz CT molecular complexity index is 294. The minimum atomic E-state index is 0.887. The molecule has 1 aromatic rings. The van der Waals surface area contributed by atoms with E-state index in [1.807, 2.05) is 0 Å². The van der Waals surface area contributed by atoms with Gasteiger partial charge in [-0.25, -0.2) is 0 Å². The smallest absolute Gasteiger partial charge is 0.0767 e. The normalized spacial score (nSPS) is 10.9. The maximum absolute atomic E-state index is 4.53. The molecule has 1 rings (SSSR count). The first-order valence-electron chi connectivity index (χ1n) is 5.19. The van der Waals surface area contributed by atoms with Crippen molar-refractivity contribution in [1.29, 1.82) is 0 Å². The maximum Gasteiger partial charge on any atom is 0.0767 e. The molecule has 0 atom stereocenters. The maximum atomic E-state index is 4.53. The molecule has 0 fully saturated rings. The third kappa shape index (κ3) is 2.36. The molecule has 80 valence electrons. The Hall–Kier alpha value is -0.350. The Morgan fingerprint density at radius 1 is 1.36 bits per heavy atom. The Morgan fingerprint density at radius 3 is 2.57 bits per heavy atom. The molecule has 0 bridgehead atoms. The molecule has 0 aliphatic carbocycles. The van der Waals surface area contributed by atoms with Crippen LogP contribution >= 0.6 is 15.9 Å². The fourth-order valence-electron chi connectivity index (χ4n) is 1.43. The minimum absolute atomic E-state index is 0.887. The van der Waals surface area contributed by atoms with Crippen LogP contribution in [-0.2, 0) is 19.5 Å². The molecule has 14 heavy (non-hydrogen) atoms. The van der Waals surface area contributed by atoms with Crippen molar-refractivity contribution in [3.8, 4) is 0 Å². The van der Waals surface area contributed by atoms with E-state index in [2.05, 4.69) is 51.8 Å². The Balaban J connectivity index is 2.92. The Kier molecular flexibility index (Phi) is 4.62. The van der Waals surface area contributed by atoms with Gasteiger partial charge in [0.1, 0.15) is 0 Å². The second kappa shape index (κ2) is 5.51. The molecule has 0 aromatic carbocycles. The van der Waals surface area contributed by atoms with Crippen molar-refractivity contribution in [2.45, 2.75) is 40.3 Å². The van der Waals surface area contributed by atoms with Crippen molar-refractivity contribution in [2.24, 2.45) is 0 Å². The van der Waals surface area contributed by atoms with Crippen LogP contribution in [-0.4, -0.2) is 16.3 Å². The van der Waals surface area contributed by atoms with E-state index in [0.29, 0.717) is 0 Å². The quantitative estimate of drug-likeness (QED) is 0.880. The molecule has 4 heteroatoms. The largest absolute Gasteiger partial charge is 0.311 e. The number of hydrogen-bond donors (Lipinski definition) is 1. The molecular weight excluding hydrogens is 242 g/mol. The lowest BCUT2D eigenvalue weighted by molar-refractivity contribution is 0.584. The zero-order valence-corrected chi connectivity index (χ0v) is 10.7. The SMILES string of the molecule is CCNCc1c(Br)c(CC)nn1CC. The van der Waals surface area contributed by atoms with Crippen LogP contribution in [0.25, 0.3) is 0 Å². The van der Waals surface area contributed by atoms with Crippen LogP contribution in [0.3, 0.4) is 0 Å². The highest BCUT2D eigenvalue weighted by Gasteiger charge is 2.12. The topological polar surface area (TPSA) is 29.9 Å². The van der Waals surface area contributed by atoms with Gasteiger partial charge in [0.2, 0.25) is 0 Å². The second-order valence-corrected chi connectivity index (χ2v) is 3.95. The van der Waals surface area contributed by atoms with Gasteiger partial charge in [0.25, 0.3) is 0 Å². The van der Waals surface area contributed by atoms with E-state index in [9.17, 15) is 0 Å². The summed E-state index contributed by atoms with van der Waals surface area (Å²) in [6.45, 7) is 9.17. The summed E-state index contributed by atoms with van der Waals surface area (Å²) in [4.78, 5) is 0. The highest BCUT2D eigenvalue weighted by atomic mass is 79.9. The zero-order valence-electron chi connectivity index (χ0n) is 9.10. The van der Waals surface area contributed by atoms with Crippen molar-refractivity contribution in [3.05, 3.63) is 15.9 Å². The number of halogens is 1. The molecule has 1 N–H and O–H groups in total. The first-order valence-corrected chi connectivity index (χ1v) is 5.98. The number of nitrogens with one attached hydrogen (secondary N) is 1. The van der Waals surface area contributed by atoms with Gasteiger partial charge in [-0.2, -0.15) is 5.10 Å². The number of aromatic nitrogens is 2. The van der Waals surface area contributed by atoms with Crippen molar-refractivity contribution in [1.82, 2.24) is 15.1 Å². The average Bonchev–Trinajstić information content (AvgIpc) is 2.52. The summed E-state index contributed by atoms with van der Waals surface area (Å²) in [6, 6.07) is 0. The van der Waals surface area contributed by atoms with Gasteiger partial charge < -0.3 is 5.32 Å². The van der Waals surface area contributed by atoms with Gasteiger partial charge >= 0.3 is 0 Å². The van der Waals surface area contributed by atoms with Crippen LogP contribution < -0.4 is 5.32 Å². The number of aryl methyl sites for hydroxylation is 2. The summed E-state index contributed by atoms with van der Waals surface area (Å²) in [5, 5.41) is 7.86. The van der Waals surface area contributed by atoms with E-state index in [1.165, 1.54) is 10.2 Å². The molecule has 0 saturated heterocycles. The lowest BCUT2D eigenvalue weighted by Crippen LogP contribution is -2.16. The molecule has 0 aliphatic heterocycles. The fourth-order valence-corrected chi connectivity index (χ4v) is 2.13. The van der Waals surface area contributed by atoms with Crippen LogP contribution in [0, 0.1) is 0 Å². The van der Waals surface area contributed by atoms with E-state index < -0.39 is 0 Å². The van der Waals surface area contributed by atoms with Crippen molar-refractivity contribution >= 4 is 15.9 Å². The van der Waals surface area contributed by atoms with Crippen molar-refractivity contribution in [3.63, 3.8) is 0 Å². The Labute approximate surface area is 94.0 Å². The zero-order chi connectivity index (χ0) is 10.6. The van der Waals surface area contributed by atoms with Crippen molar-refractivity contribution in [2.75, 3.05) is 6.54 Å². The van der Waals surface area contributed by atoms with Gasteiger partial charge in [-0.1, -0.05) is 13.8 Å². The van der Waals surface area contributed by atoms with E-state index in [4.69, 9.17) is 0 Å². The minimum Gasteiger partial charge on any atom is -0.311 e. The average molecular weight is 260 g/mol. The second-order valence-electron chi connectivity index (χ2n) is 3.16. The fraction of sp³-hybridized carbons (Fsp3) is 0.700. The molecule has 0 aliphatic rings. The predicted octanol–water partition coefficient (Wildman–Crippen LogP) is 2.34. The molecule has 0 unspecified atom stereocenters. The first kappa shape index (κ1) is 11.7. The lowest BCUT2D eigenvalue weighted by Gasteiger charge is -2.05. The molecule has 0 amide bonds. The summed E-state index contributed by atoms with van der Waals surface area (Å²) in [7, 11) is 0. The van der Waals surface area contributed by atoms with Gasteiger partial charge in [-0.3, -0.25) is 4.68 Å². The Morgan fingerprint density at radius 2 is 2.07 bits per heavy atom. The first-order chi connectivity index (χ1) is 6.74. The number of hydrogen-bond acceptors (Lipinski definition) is 2. The number of rotatable bonds is 5. The molecule has 0 spiro atoms. The third-order valence-electron chi connectivity index (χ3n) is 2.24. The van der Waals surface area contributed by atoms with Crippen LogP contribution in [0.2, 0.25) is 0 Å². The van der Waals surface area contributed by atoms with Crippen LogP contribution in [0.4, 0.5) is 0 Å². The molecule has 3 nitrogen and oxygen atoms in total. The standard InChI is InChI=1S/C10H18BrN3/c1-4-8-10(11)9(7-12-5-2)14(6-3)13-8/h12H,4-7H2,1-3H3. The third-order valence-corrected chi connectivity index (χ3v) is 3.15. The van der Waals surface area contributed by atoms with E-state index >= 15 is 0 Å². The predicted molar refractivity (Wildman–Crippen MR) is 62.4 cm³/mol. The van der Waals surface area contributed by atoms with E-state index in [1.54, 1.807) is 0 Å². The van der Waals surface area contributed by atoms with Gasteiger partial charge in [0, 0.05) is 13.1 Å². The van der Waals surface area contributed by atoms with E-state index in [-0.39, 0.29) is 0 Å². The van der Waals surface area contributed by atoms with Gasteiger partial charge in [-0.15, -0.1) is 0 Å². The summed E-state index contributed by atoms with van der Waals surface area (Å²) in [5.74, 6) is 0. The van der Waals surface area contributed by atoms with Gasteiger partial charge in [-0.05, 0) is 35.8 Å². The van der Waals surface area contributed by atoms with Crippen LogP contribution in [0.5, 0.6) is 0 Å². The molecule has 0 radical (unpaired) electrons. The summed E-state index contributed by atoms with van der Waals surface area (Å²) in [6.07, 6.45) is 0.979. The van der Waals surface area contributed by atoms with Gasteiger partial charge in [0.15, 0.2) is 0 Å². The molecular formula is C10H18BrN3. The summed E-state index contributed by atoms with van der Waals surface area (Å²) >= 11 is 3.61.